The van der Waals surface area contributed by atoms with Gasteiger partial charge in [-0.15, -0.1) is 0 Å². The Morgan fingerprint density at radius 2 is 0.957 bits per heavy atom. The lowest BCUT2D eigenvalue weighted by molar-refractivity contribution is -0.128. The molecule has 4 unspecified atom stereocenters. The Balaban J connectivity index is 1.77. The van der Waals surface area contributed by atoms with E-state index in [1.54, 1.807) is 0 Å². The second kappa shape index (κ2) is 9.20. The number of hydrogen-bond acceptors (Lipinski definition) is 2. The van der Waals surface area contributed by atoms with Gasteiger partial charge in [0.25, 0.3) is 0 Å². The molecule has 23 heavy (non-hydrogen) atoms. The highest BCUT2D eigenvalue weighted by Gasteiger charge is 2.30. The fourth-order valence-corrected chi connectivity index (χ4v) is 5.22. The Morgan fingerprint density at radius 1 is 0.522 bits per heavy atom. The molecular formula is C21H37NO. The molecule has 3 fully saturated rings. The summed E-state index contributed by atoms with van der Waals surface area (Å²) >= 11 is 0. The molecule has 2 nitrogen and oxygen atoms in total. The van der Waals surface area contributed by atoms with E-state index in [-0.39, 0.29) is 0 Å². The summed E-state index contributed by atoms with van der Waals surface area (Å²) in [5.41, 5.74) is 0. The number of ketones is 1. The van der Waals surface area contributed by atoms with Crippen LogP contribution in [0.15, 0.2) is 0 Å². The van der Waals surface area contributed by atoms with Crippen LogP contribution in [-0.2, 0) is 4.79 Å². The van der Waals surface area contributed by atoms with Crippen LogP contribution in [0.5, 0.6) is 0 Å². The summed E-state index contributed by atoms with van der Waals surface area (Å²) in [6.07, 6.45) is 20.5. The van der Waals surface area contributed by atoms with Crippen LogP contribution in [0, 0.1) is 11.8 Å². The molecule has 0 aromatic heterocycles. The van der Waals surface area contributed by atoms with Crippen molar-refractivity contribution in [1.29, 1.82) is 0 Å². The SMILES string of the molecule is O=C1C2CCCCCCCC(CC2)NC2CCCCCC1CC2. The summed E-state index contributed by atoms with van der Waals surface area (Å²) in [5, 5.41) is 4.03. The lowest BCUT2D eigenvalue weighted by Crippen LogP contribution is -2.40. The molecule has 1 aliphatic heterocycles. The molecule has 0 amide bonds. The van der Waals surface area contributed by atoms with Gasteiger partial charge in [-0.05, 0) is 51.4 Å². The smallest absolute Gasteiger partial charge is 0.139 e. The van der Waals surface area contributed by atoms with Gasteiger partial charge in [0.15, 0.2) is 0 Å². The fraction of sp³-hybridized carbons (Fsp3) is 0.952. The van der Waals surface area contributed by atoms with Crippen molar-refractivity contribution < 1.29 is 4.79 Å². The van der Waals surface area contributed by atoms with Gasteiger partial charge in [0.2, 0.25) is 0 Å². The average Bonchev–Trinajstić information content (AvgIpc) is 2.63. The molecule has 2 heteroatoms. The topological polar surface area (TPSA) is 29.1 Å². The van der Waals surface area contributed by atoms with Gasteiger partial charge in [-0.25, -0.2) is 0 Å². The highest BCUT2D eigenvalue weighted by atomic mass is 16.1. The molecule has 3 aliphatic rings. The summed E-state index contributed by atoms with van der Waals surface area (Å²) in [7, 11) is 0. The molecule has 0 aromatic rings. The lowest BCUT2D eigenvalue weighted by Gasteiger charge is -2.30. The van der Waals surface area contributed by atoms with Gasteiger partial charge < -0.3 is 5.32 Å². The third-order valence-electron chi connectivity index (χ3n) is 6.71. The summed E-state index contributed by atoms with van der Waals surface area (Å²) in [6.45, 7) is 0. The molecule has 0 spiro atoms. The predicted molar refractivity (Wildman–Crippen MR) is 96.6 cm³/mol. The number of carbonyl (C=O) groups is 1. The summed E-state index contributed by atoms with van der Waals surface area (Å²) in [4.78, 5) is 13.2. The molecule has 0 radical (unpaired) electrons. The summed E-state index contributed by atoms with van der Waals surface area (Å²) < 4.78 is 0. The highest BCUT2D eigenvalue weighted by Crippen LogP contribution is 2.32. The molecule has 1 heterocycles. The van der Waals surface area contributed by atoms with Gasteiger partial charge in [0, 0.05) is 23.9 Å². The largest absolute Gasteiger partial charge is 0.311 e. The highest BCUT2D eigenvalue weighted by molar-refractivity contribution is 5.83. The van der Waals surface area contributed by atoms with Crippen molar-refractivity contribution in [3.05, 3.63) is 0 Å². The van der Waals surface area contributed by atoms with E-state index < -0.39 is 0 Å². The van der Waals surface area contributed by atoms with Crippen LogP contribution in [-0.4, -0.2) is 17.9 Å². The fourth-order valence-electron chi connectivity index (χ4n) is 5.22. The van der Waals surface area contributed by atoms with Crippen LogP contribution in [0.4, 0.5) is 0 Å². The standard InChI is InChI=1S/C21H37NO/c23-21-17-9-5-2-1-3-7-11-19(15-13-17)22-20-12-8-4-6-10-18(21)14-16-20/h17-20,22H,1-16H2. The molecule has 132 valence electrons. The van der Waals surface area contributed by atoms with E-state index in [4.69, 9.17) is 0 Å². The van der Waals surface area contributed by atoms with Gasteiger partial charge >= 0.3 is 0 Å². The van der Waals surface area contributed by atoms with Crippen molar-refractivity contribution in [2.45, 2.75) is 115 Å². The summed E-state index contributed by atoms with van der Waals surface area (Å²) in [5.74, 6) is 1.41. The normalized spacial score (nSPS) is 38.2. The maximum Gasteiger partial charge on any atom is 0.139 e. The van der Waals surface area contributed by atoms with Gasteiger partial charge in [0.05, 0.1) is 0 Å². The van der Waals surface area contributed by atoms with Crippen molar-refractivity contribution in [2.24, 2.45) is 11.8 Å². The van der Waals surface area contributed by atoms with Crippen molar-refractivity contribution in [3.8, 4) is 0 Å². The van der Waals surface area contributed by atoms with Crippen LogP contribution in [0.25, 0.3) is 0 Å². The quantitative estimate of drug-likeness (QED) is 0.648. The Bertz CT molecular complexity index is 367. The predicted octanol–water partition coefficient (Wildman–Crippen LogP) is 5.40. The lowest BCUT2D eigenvalue weighted by atomic mass is 9.80. The zero-order valence-corrected chi connectivity index (χ0v) is 15.0. The van der Waals surface area contributed by atoms with Crippen molar-refractivity contribution in [2.75, 3.05) is 0 Å². The Hall–Kier alpha value is -0.370. The second-order valence-corrected chi connectivity index (χ2v) is 8.49. The minimum Gasteiger partial charge on any atom is -0.311 e. The molecular weight excluding hydrogens is 282 g/mol. The van der Waals surface area contributed by atoms with Crippen LogP contribution < -0.4 is 5.32 Å². The van der Waals surface area contributed by atoms with Crippen LogP contribution in [0.2, 0.25) is 0 Å². The van der Waals surface area contributed by atoms with E-state index in [1.807, 2.05) is 0 Å². The van der Waals surface area contributed by atoms with E-state index in [0.29, 0.717) is 29.7 Å². The minimum absolute atomic E-state index is 0.375. The molecule has 4 bridgehead atoms. The van der Waals surface area contributed by atoms with E-state index in [9.17, 15) is 4.79 Å². The van der Waals surface area contributed by atoms with Crippen LogP contribution >= 0.6 is 0 Å². The Kier molecular flexibility index (Phi) is 6.98. The third kappa shape index (κ3) is 5.31. The molecule has 4 atom stereocenters. The third-order valence-corrected chi connectivity index (χ3v) is 6.71. The molecule has 3 rings (SSSR count). The number of rotatable bonds is 0. The van der Waals surface area contributed by atoms with E-state index >= 15 is 0 Å². The number of carbonyl (C=O) groups excluding carboxylic acids is 1. The zero-order chi connectivity index (χ0) is 15.9. The van der Waals surface area contributed by atoms with Gasteiger partial charge in [-0.1, -0.05) is 51.4 Å². The molecule has 2 saturated carbocycles. The maximum absolute atomic E-state index is 13.2. The first kappa shape index (κ1) is 17.5. The average molecular weight is 320 g/mol. The van der Waals surface area contributed by atoms with Gasteiger partial charge in [-0.2, -0.15) is 0 Å². The Labute approximate surface area is 143 Å². The van der Waals surface area contributed by atoms with E-state index in [2.05, 4.69) is 5.32 Å². The molecule has 0 aromatic carbocycles. The maximum atomic E-state index is 13.2. The van der Waals surface area contributed by atoms with Crippen molar-refractivity contribution in [3.63, 3.8) is 0 Å². The monoisotopic (exact) mass is 319 g/mol. The molecule has 1 saturated heterocycles. The zero-order valence-electron chi connectivity index (χ0n) is 15.0. The second-order valence-electron chi connectivity index (χ2n) is 8.49. The number of fused-ring (bicyclic) bond motifs is 6. The van der Waals surface area contributed by atoms with Crippen molar-refractivity contribution in [1.82, 2.24) is 5.32 Å². The van der Waals surface area contributed by atoms with Crippen LogP contribution in [0.3, 0.4) is 0 Å². The number of nitrogens with one attached hydrogen (secondary N) is 1. The Morgan fingerprint density at radius 3 is 1.52 bits per heavy atom. The van der Waals surface area contributed by atoms with Gasteiger partial charge in [-0.3, -0.25) is 4.79 Å². The first-order valence-electron chi connectivity index (χ1n) is 10.6. The van der Waals surface area contributed by atoms with Crippen molar-refractivity contribution >= 4 is 5.78 Å². The first-order valence-corrected chi connectivity index (χ1v) is 10.6. The minimum atomic E-state index is 0.375. The summed E-state index contributed by atoms with van der Waals surface area (Å²) in [6, 6.07) is 1.35. The molecule has 1 N–H and O–H groups in total. The van der Waals surface area contributed by atoms with Gasteiger partial charge in [0.1, 0.15) is 5.78 Å². The van der Waals surface area contributed by atoms with E-state index in [1.165, 1.54) is 89.9 Å². The van der Waals surface area contributed by atoms with Crippen LogP contribution in [0.1, 0.15) is 103 Å². The van der Waals surface area contributed by atoms with E-state index in [0.717, 1.165) is 12.8 Å². The number of hydrogen-bond donors (Lipinski definition) is 1. The number of Topliss-reactive ketones (excluding diaryl/α,β-unsaturated/α-hetero) is 1. The molecule has 2 aliphatic carbocycles. The first-order chi connectivity index (χ1) is 11.3.